The first-order valence-corrected chi connectivity index (χ1v) is 8.53. The van der Waals surface area contributed by atoms with Gasteiger partial charge in [0.1, 0.15) is 5.82 Å². The van der Waals surface area contributed by atoms with E-state index in [1.165, 1.54) is 17.8 Å². The Bertz CT molecular complexity index is 643. The molecular formula is C17H17ClFNOS. The van der Waals surface area contributed by atoms with Crippen LogP contribution in [-0.2, 0) is 17.0 Å². The summed E-state index contributed by atoms with van der Waals surface area (Å²) in [6.45, 7) is 2.04. The van der Waals surface area contributed by atoms with Crippen LogP contribution >= 0.6 is 23.4 Å². The van der Waals surface area contributed by atoms with E-state index in [9.17, 15) is 9.18 Å². The lowest BCUT2D eigenvalue weighted by Gasteiger charge is -2.10. The molecule has 0 radical (unpaired) electrons. The molecule has 5 heteroatoms. The van der Waals surface area contributed by atoms with E-state index in [-0.39, 0.29) is 17.5 Å². The Morgan fingerprint density at radius 3 is 2.73 bits per heavy atom. The number of thioether (sulfide) groups is 1. The number of amides is 1. The van der Waals surface area contributed by atoms with Crippen molar-refractivity contribution in [3.05, 3.63) is 64.4 Å². The predicted octanol–water partition coefficient (Wildman–Crippen LogP) is 4.91. The second kappa shape index (κ2) is 8.20. The van der Waals surface area contributed by atoms with E-state index < -0.39 is 0 Å². The number of carbonyl (C=O) groups is 1. The van der Waals surface area contributed by atoms with Crippen molar-refractivity contribution in [3.8, 4) is 0 Å². The number of para-hydroxylation sites is 1. The zero-order valence-electron chi connectivity index (χ0n) is 12.2. The van der Waals surface area contributed by atoms with Crippen LogP contribution in [0.25, 0.3) is 0 Å². The van der Waals surface area contributed by atoms with Gasteiger partial charge in [-0.05, 0) is 30.2 Å². The third kappa shape index (κ3) is 4.49. The Morgan fingerprint density at radius 1 is 1.23 bits per heavy atom. The lowest BCUT2D eigenvalue weighted by molar-refractivity contribution is -0.113. The minimum Gasteiger partial charge on any atom is -0.325 e. The van der Waals surface area contributed by atoms with Crippen LogP contribution < -0.4 is 5.32 Å². The zero-order valence-corrected chi connectivity index (χ0v) is 13.8. The van der Waals surface area contributed by atoms with Crippen LogP contribution in [-0.4, -0.2) is 11.7 Å². The van der Waals surface area contributed by atoms with E-state index in [4.69, 9.17) is 11.6 Å². The number of hydrogen-bond donors (Lipinski definition) is 1. The third-order valence-corrected chi connectivity index (χ3v) is 4.53. The molecule has 0 atom stereocenters. The largest absolute Gasteiger partial charge is 0.325 e. The van der Waals surface area contributed by atoms with E-state index in [1.54, 1.807) is 12.1 Å². The summed E-state index contributed by atoms with van der Waals surface area (Å²) < 4.78 is 13.6. The molecule has 0 heterocycles. The molecule has 0 spiro atoms. The SMILES string of the molecule is CCc1ccccc1NC(=O)CSCc1c(F)cccc1Cl. The highest BCUT2D eigenvalue weighted by Gasteiger charge is 2.09. The van der Waals surface area contributed by atoms with E-state index in [0.717, 1.165) is 17.7 Å². The highest BCUT2D eigenvalue weighted by molar-refractivity contribution is 7.99. The van der Waals surface area contributed by atoms with Crippen LogP contribution in [0.2, 0.25) is 5.02 Å². The van der Waals surface area contributed by atoms with Crippen molar-refractivity contribution in [1.29, 1.82) is 0 Å². The van der Waals surface area contributed by atoms with Gasteiger partial charge in [-0.15, -0.1) is 11.8 Å². The van der Waals surface area contributed by atoms with Crippen LogP contribution in [0, 0.1) is 5.82 Å². The van der Waals surface area contributed by atoms with Crippen LogP contribution in [0.3, 0.4) is 0 Å². The van der Waals surface area contributed by atoms with Gasteiger partial charge in [0.05, 0.1) is 5.75 Å². The van der Waals surface area contributed by atoms with Gasteiger partial charge in [0.15, 0.2) is 0 Å². The average molecular weight is 338 g/mol. The molecule has 2 aromatic rings. The fourth-order valence-corrected chi connectivity index (χ4v) is 3.22. The van der Waals surface area contributed by atoms with Crippen molar-refractivity contribution in [3.63, 3.8) is 0 Å². The monoisotopic (exact) mass is 337 g/mol. The summed E-state index contributed by atoms with van der Waals surface area (Å²) in [5, 5.41) is 3.28. The fraction of sp³-hybridized carbons (Fsp3) is 0.235. The van der Waals surface area contributed by atoms with Crippen LogP contribution in [0.4, 0.5) is 10.1 Å². The van der Waals surface area contributed by atoms with Crippen LogP contribution in [0.1, 0.15) is 18.1 Å². The number of hydrogen-bond acceptors (Lipinski definition) is 2. The first-order chi connectivity index (χ1) is 10.6. The Labute approximate surface area is 139 Å². The summed E-state index contributed by atoms with van der Waals surface area (Å²) in [7, 11) is 0. The molecule has 116 valence electrons. The molecule has 0 saturated heterocycles. The minimum absolute atomic E-state index is 0.0987. The van der Waals surface area contributed by atoms with E-state index in [0.29, 0.717) is 16.3 Å². The molecule has 22 heavy (non-hydrogen) atoms. The molecule has 1 amide bonds. The number of nitrogens with one attached hydrogen (secondary N) is 1. The number of benzene rings is 2. The Balaban J connectivity index is 1.88. The molecule has 0 saturated carbocycles. The number of halogens is 2. The van der Waals surface area contributed by atoms with Gasteiger partial charge in [-0.2, -0.15) is 0 Å². The predicted molar refractivity (Wildman–Crippen MR) is 92.0 cm³/mol. The van der Waals surface area contributed by atoms with Gasteiger partial charge < -0.3 is 5.32 Å². The van der Waals surface area contributed by atoms with E-state index in [1.807, 2.05) is 31.2 Å². The molecule has 0 aliphatic heterocycles. The molecule has 0 fully saturated rings. The maximum Gasteiger partial charge on any atom is 0.234 e. The van der Waals surface area contributed by atoms with Crippen LogP contribution in [0.15, 0.2) is 42.5 Å². The first-order valence-electron chi connectivity index (χ1n) is 7.00. The standard InChI is InChI=1S/C17H17ClFNOS/c1-2-12-6-3-4-9-16(12)20-17(21)11-22-10-13-14(18)7-5-8-15(13)19/h3-9H,2,10-11H2,1H3,(H,20,21). The number of aryl methyl sites for hydroxylation is 1. The van der Waals surface area contributed by atoms with Gasteiger partial charge in [-0.1, -0.05) is 42.8 Å². The topological polar surface area (TPSA) is 29.1 Å². The molecule has 0 aliphatic carbocycles. The zero-order chi connectivity index (χ0) is 15.9. The van der Waals surface area contributed by atoms with Crippen molar-refractivity contribution in [2.24, 2.45) is 0 Å². The van der Waals surface area contributed by atoms with E-state index >= 15 is 0 Å². The van der Waals surface area contributed by atoms with Gasteiger partial charge in [0.2, 0.25) is 5.91 Å². The summed E-state index contributed by atoms with van der Waals surface area (Å²) in [5.41, 5.74) is 2.37. The molecule has 0 aliphatic rings. The van der Waals surface area contributed by atoms with Crippen molar-refractivity contribution in [2.45, 2.75) is 19.1 Å². The second-order valence-electron chi connectivity index (χ2n) is 4.75. The second-order valence-corrected chi connectivity index (χ2v) is 6.14. The molecule has 2 aromatic carbocycles. The maximum atomic E-state index is 13.6. The van der Waals surface area contributed by atoms with Crippen molar-refractivity contribution >= 4 is 35.0 Å². The molecule has 2 rings (SSSR count). The Hall–Kier alpha value is -1.52. The van der Waals surface area contributed by atoms with Crippen molar-refractivity contribution in [2.75, 3.05) is 11.1 Å². The lowest BCUT2D eigenvalue weighted by Crippen LogP contribution is -2.15. The maximum absolute atomic E-state index is 13.6. The number of anilines is 1. The lowest BCUT2D eigenvalue weighted by atomic mass is 10.1. The molecule has 2 nitrogen and oxygen atoms in total. The molecule has 0 unspecified atom stereocenters. The highest BCUT2D eigenvalue weighted by Crippen LogP contribution is 2.24. The first kappa shape index (κ1) is 16.8. The summed E-state index contributed by atoms with van der Waals surface area (Å²) >= 11 is 7.30. The molecule has 0 aromatic heterocycles. The molecular weight excluding hydrogens is 321 g/mol. The summed E-state index contributed by atoms with van der Waals surface area (Å²) in [5.74, 6) is 0.187. The van der Waals surface area contributed by atoms with Crippen LogP contribution in [0.5, 0.6) is 0 Å². The molecule has 0 bridgehead atoms. The van der Waals surface area contributed by atoms with Crippen molar-refractivity contribution < 1.29 is 9.18 Å². The van der Waals surface area contributed by atoms with Gasteiger partial charge in [0.25, 0.3) is 0 Å². The Kier molecular flexibility index (Phi) is 6.28. The highest BCUT2D eigenvalue weighted by atomic mass is 35.5. The van der Waals surface area contributed by atoms with E-state index in [2.05, 4.69) is 5.32 Å². The number of rotatable bonds is 6. The Morgan fingerprint density at radius 2 is 2.00 bits per heavy atom. The molecule has 1 N–H and O–H groups in total. The van der Waals surface area contributed by atoms with Crippen molar-refractivity contribution in [1.82, 2.24) is 0 Å². The summed E-state index contributed by atoms with van der Waals surface area (Å²) in [6, 6.07) is 12.3. The number of carbonyl (C=O) groups excluding carboxylic acids is 1. The fourth-order valence-electron chi connectivity index (χ4n) is 2.05. The van der Waals surface area contributed by atoms with Gasteiger partial charge >= 0.3 is 0 Å². The minimum atomic E-state index is -0.336. The van der Waals surface area contributed by atoms with Gasteiger partial charge in [0, 0.05) is 22.0 Å². The van der Waals surface area contributed by atoms with Gasteiger partial charge in [-0.3, -0.25) is 4.79 Å². The normalized spacial score (nSPS) is 10.5. The van der Waals surface area contributed by atoms with Gasteiger partial charge in [-0.25, -0.2) is 4.39 Å². The third-order valence-electron chi connectivity index (χ3n) is 3.21. The summed E-state index contributed by atoms with van der Waals surface area (Å²) in [4.78, 5) is 12.0. The average Bonchev–Trinajstić information content (AvgIpc) is 2.51. The summed E-state index contributed by atoms with van der Waals surface area (Å²) in [6.07, 6.45) is 0.856. The quantitative estimate of drug-likeness (QED) is 0.811. The smallest absolute Gasteiger partial charge is 0.234 e.